The molecule has 0 aliphatic rings. The first kappa shape index (κ1) is 24.2. The van der Waals surface area contributed by atoms with Crippen LogP contribution in [0.4, 0.5) is 5.69 Å². The standard InChI is InChI=1S/C25H23N5O6/c1-14(25(33)34)27-23(31)15-4-7-17(8-5-15)28-24(32)18-13-22-26-11-10-19(30(22)29-18)16-6-9-20(35-2)21(12-16)36-3/h4-14H,1-3H3,(H,27,31)(H,28,32)(H,33,34)/t14-/m1/s1. The first-order valence-corrected chi connectivity index (χ1v) is 10.8. The fourth-order valence-electron chi connectivity index (χ4n) is 3.46. The second-order valence-corrected chi connectivity index (χ2v) is 7.76. The number of amides is 2. The topological polar surface area (TPSA) is 144 Å². The Hall–Kier alpha value is -4.93. The Morgan fingerprint density at radius 2 is 1.67 bits per heavy atom. The Bertz CT molecular complexity index is 1450. The normalized spacial score (nSPS) is 11.5. The predicted molar refractivity (Wildman–Crippen MR) is 130 cm³/mol. The lowest BCUT2D eigenvalue weighted by atomic mass is 10.1. The van der Waals surface area contributed by atoms with Crippen LogP contribution in [0.15, 0.2) is 60.8 Å². The molecule has 2 amide bonds. The highest BCUT2D eigenvalue weighted by atomic mass is 16.5. The van der Waals surface area contributed by atoms with Gasteiger partial charge in [0.05, 0.1) is 19.9 Å². The lowest BCUT2D eigenvalue weighted by molar-refractivity contribution is -0.138. The van der Waals surface area contributed by atoms with Gasteiger partial charge in [-0.2, -0.15) is 5.10 Å². The number of ether oxygens (including phenoxy) is 2. The van der Waals surface area contributed by atoms with Crippen molar-refractivity contribution in [1.29, 1.82) is 0 Å². The van der Waals surface area contributed by atoms with Crippen LogP contribution in [-0.4, -0.2) is 57.7 Å². The van der Waals surface area contributed by atoms with E-state index in [1.54, 1.807) is 55.3 Å². The molecule has 0 radical (unpaired) electrons. The highest BCUT2D eigenvalue weighted by molar-refractivity contribution is 6.04. The number of benzene rings is 2. The molecule has 11 nitrogen and oxygen atoms in total. The van der Waals surface area contributed by atoms with E-state index in [-0.39, 0.29) is 11.3 Å². The van der Waals surface area contributed by atoms with E-state index in [0.29, 0.717) is 28.5 Å². The number of fused-ring (bicyclic) bond motifs is 1. The maximum Gasteiger partial charge on any atom is 0.325 e. The summed E-state index contributed by atoms with van der Waals surface area (Å²) in [6.45, 7) is 1.37. The minimum Gasteiger partial charge on any atom is -0.493 e. The van der Waals surface area contributed by atoms with E-state index in [9.17, 15) is 14.4 Å². The van der Waals surface area contributed by atoms with Crippen molar-refractivity contribution >= 4 is 29.1 Å². The molecule has 1 atom stereocenters. The predicted octanol–water partition coefficient (Wildman–Crippen LogP) is 2.87. The number of anilines is 1. The fourth-order valence-corrected chi connectivity index (χ4v) is 3.46. The van der Waals surface area contributed by atoms with Gasteiger partial charge in [0.2, 0.25) is 0 Å². The molecule has 2 aromatic heterocycles. The van der Waals surface area contributed by atoms with E-state index < -0.39 is 23.8 Å². The number of aliphatic carboxylic acids is 1. The molecule has 0 saturated heterocycles. The summed E-state index contributed by atoms with van der Waals surface area (Å²) in [5.74, 6) is -0.984. The number of hydrogen-bond acceptors (Lipinski definition) is 7. The average molecular weight is 489 g/mol. The van der Waals surface area contributed by atoms with Gasteiger partial charge in [0.25, 0.3) is 11.8 Å². The molecule has 0 fully saturated rings. The van der Waals surface area contributed by atoms with Crippen molar-refractivity contribution in [3.05, 3.63) is 72.1 Å². The van der Waals surface area contributed by atoms with E-state index in [0.717, 1.165) is 5.56 Å². The Labute approximate surface area is 205 Å². The van der Waals surface area contributed by atoms with Gasteiger partial charge in [0.1, 0.15) is 6.04 Å². The molecular formula is C25H23N5O6. The van der Waals surface area contributed by atoms with E-state index in [2.05, 4.69) is 20.7 Å². The van der Waals surface area contributed by atoms with Crippen molar-refractivity contribution in [3.8, 4) is 22.8 Å². The summed E-state index contributed by atoms with van der Waals surface area (Å²) >= 11 is 0. The van der Waals surface area contributed by atoms with Gasteiger partial charge in [0, 0.05) is 29.1 Å². The van der Waals surface area contributed by atoms with E-state index in [1.807, 2.05) is 12.1 Å². The largest absolute Gasteiger partial charge is 0.493 e. The lowest BCUT2D eigenvalue weighted by Crippen LogP contribution is -2.38. The zero-order valence-electron chi connectivity index (χ0n) is 19.7. The van der Waals surface area contributed by atoms with Crippen LogP contribution in [0.5, 0.6) is 11.5 Å². The number of nitrogens with one attached hydrogen (secondary N) is 2. The van der Waals surface area contributed by atoms with Crippen molar-refractivity contribution in [2.24, 2.45) is 0 Å². The number of hydrogen-bond donors (Lipinski definition) is 3. The molecule has 4 aromatic rings. The molecule has 0 bridgehead atoms. The van der Waals surface area contributed by atoms with Crippen LogP contribution in [0.25, 0.3) is 16.9 Å². The Morgan fingerprint density at radius 1 is 0.944 bits per heavy atom. The number of carboxylic acids is 1. The van der Waals surface area contributed by atoms with Crippen LogP contribution in [0, 0.1) is 0 Å². The summed E-state index contributed by atoms with van der Waals surface area (Å²) < 4.78 is 12.2. The number of carbonyl (C=O) groups excluding carboxylic acids is 2. The first-order valence-electron chi connectivity index (χ1n) is 10.8. The number of rotatable bonds is 8. The van der Waals surface area contributed by atoms with E-state index >= 15 is 0 Å². The Morgan fingerprint density at radius 3 is 2.33 bits per heavy atom. The SMILES string of the molecule is COc1ccc(-c2ccnc3cc(C(=O)Nc4ccc(C(=O)N[C@H](C)C(=O)O)cc4)nn23)cc1OC. The second-order valence-electron chi connectivity index (χ2n) is 7.76. The maximum absolute atomic E-state index is 12.9. The van der Waals surface area contributed by atoms with Crippen LogP contribution in [0.3, 0.4) is 0 Å². The molecule has 36 heavy (non-hydrogen) atoms. The van der Waals surface area contributed by atoms with E-state index in [1.165, 1.54) is 19.1 Å². The molecular weight excluding hydrogens is 466 g/mol. The van der Waals surface area contributed by atoms with Crippen LogP contribution >= 0.6 is 0 Å². The van der Waals surface area contributed by atoms with Crippen molar-refractivity contribution < 1.29 is 29.0 Å². The van der Waals surface area contributed by atoms with Gasteiger partial charge < -0.3 is 25.2 Å². The van der Waals surface area contributed by atoms with Crippen molar-refractivity contribution in [3.63, 3.8) is 0 Å². The summed E-state index contributed by atoms with van der Waals surface area (Å²) in [6, 6.07) is 13.8. The van der Waals surface area contributed by atoms with Crippen molar-refractivity contribution in [2.45, 2.75) is 13.0 Å². The molecule has 184 valence electrons. The molecule has 0 aliphatic carbocycles. The third-order valence-electron chi connectivity index (χ3n) is 5.39. The molecule has 0 spiro atoms. The Balaban J connectivity index is 1.54. The van der Waals surface area contributed by atoms with Gasteiger partial charge >= 0.3 is 5.97 Å². The molecule has 11 heteroatoms. The zero-order valence-corrected chi connectivity index (χ0v) is 19.7. The molecule has 2 heterocycles. The fraction of sp³-hybridized carbons (Fsp3) is 0.160. The molecule has 0 saturated carbocycles. The van der Waals surface area contributed by atoms with Crippen LogP contribution < -0.4 is 20.1 Å². The summed E-state index contributed by atoms with van der Waals surface area (Å²) in [7, 11) is 3.11. The highest BCUT2D eigenvalue weighted by Crippen LogP contribution is 2.32. The second kappa shape index (κ2) is 10.1. The molecule has 4 rings (SSSR count). The number of carbonyl (C=O) groups is 3. The third-order valence-corrected chi connectivity index (χ3v) is 5.39. The smallest absolute Gasteiger partial charge is 0.325 e. The number of aromatic nitrogens is 3. The van der Waals surface area contributed by atoms with Gasteiger partial charge in [-0.15, -0.1) is 0 Å². The van der Waals surface area contributed by atoms with Crippen molar-refractivity contribution in [2.75, 3.05) is 19.5 Å². The third kappa shape index (κ3) is 4.94. The minimum atomic E-state index is -1.14. The average Bonchev–Trinajstić information content (AvgIpc) is 3.33. The van der Waals surface area contributed by atoms with Gasteiger partial charge in [0.15, 0.2) is 22.8 Å². The number of carboxylic acid groups (broad SMARTS) is 1. The summed E-state index contributed by atoms with van der Waals surface area (Å²) in [5, 5.41) is 18.5. The van der Waals surface area contributed by atoms with Crippen LogP contribution in [0.1, 0.15) is 27.8 Å². The monoisotopic (exact) mass is 489 g/mol. The molecule has 0 unspecified atom stereocenters. The summed E-state index contributed by atoms with van der Waals surface area (Å²) in [6.07, 6.45) is 1.62. The van der Waals surface area contributed by atoms with Crippen molar-refractivity contribution in [1.82, 2.24) is 19.9 Å². The van der Waals surface area contributed by atoms with Crippen LogP contribution in [-0.2, 0) is 4.79 Å². The number of methoxy groups -OCH3 is 2. The molecule has 3 N–H and O–H groups in total. The highest BCUT2D eigenvalue weighted by Gasteiger charge is 2.17. The maximum atomic E-state index is 12.9. The van der Waals surface area contributed by atoms with Gasteiger partial charge in [-0.1, -0.05) is 0 Å². The number of nitrogens with zero attached hydrogens (tertiary/aromatic N) is 3. The summed E-state index contributed by atoms with van der Waals surface area (Å²) in [4.78, 5) is 40.2. The molecule has 0 aliphatic heterocycles. The molecule has 2 aromatic carbocycles. The first-order chi connectivity index (χ1) is 17.3. The zero-order chi connectivity index (χ0) is 25.8. The Kier molecular flexibility index (Phi) is 6.81. The quantitative estimate of drug-likeness (QED) is 0.343. The van der Waals surface area contributed by atoms with Gasteiger partial charge in [-0.05, 0) is 55.5 Å². The summed E-state index contributed by atoms with van der Waals surface area (Å²) in [5.41, 5.74) is 2.82. The minimum absolute atomic E-state index is 0.146. The van der Waals surface area contributed by atoms with Gasteiger partial charge in [-0.25, -0.2) is 9.50 Å². The van der Waals surface area contributed by atoms with Crippen LogP contribution in [0.2, 0.25) is 0 Å². The van der Waals surface area contributed by atoms with E-state index in [4.69, 9.17) is 14.6 Å². The lowest BCUT2D eigenvalue weighted by Gasteiger charge is -2.10. The van der Waals surface area contributed by atoms with Gasteiger partial charge in [-0.3, -0.25) is 14.4 Å².